The molecular formula is C10H10N2O5S. The predicted molar refractivity (Wildman–Crippen MR) is 60.0 cm³/mol. The van der Waals surface area contributed by atoms with Crippen LogP contribution in [-0.2, 0) is 16.6 Å². The zero-order valence-corrected chi connectivity index (χ0v) is 9.94. The maximum Gasteiger partial charge on any atom is 0.287 e. The van der Waals surface area contributed by atoms with Gasteiger partial charge in [-0.25, -0.2) is 13.6 Å². The van der Waals surface area contributed by atoms with Crippen LogP contribution in [0.3, 0.4) is 0 Å². The molecule has 0 unspecified atom stereocenters. The molecule has 3 N–H and O–H groups in total. The fourth-order valence-corrected chi connectivity index (χ4v) is 1.73. The van der Waals surface area contributed by atoms with E-state index in [1.54, 1.807) is 12.1 Å². The molecule has 96 valence electrons. The number of sulfonamides is 1. The van der Waals surface area contributed by atoms with E-state index >= 15 is 0 Å². The Morgan fingerprint density at radius 3 is 2.67 bits per heavy atom. The Morgan fingerprint density at radius 1 is 1.33 bits per heavy atom. The van der Waals surface area contributed by atoms with Crippen molar-refractivity contribution in [3.63, 3.8) is 0 Å². The Hall–Kier alpha value is -2.06. The molecule has 0 bridgehead atoms. The number of hydrogen-bond acceptors (Lipinski definition) is 5. The van der Waals surface area contributed by atoms with E-state index in [1.807, 2.05) is 0 Å². The van der Waals surface area contributed by atoms with Crippen LogP contribution < -0.4 is 10.5 Å². The Bertz CT molecular complexity index is 642. The van der Waals surface area contributed by atoms with Gasteiger partial charge in [0.15, 0.2) is 5.76 Å². The average Bonchev–Trinajstić information content (AvgIpc) is 2.96. The quantitative estimate of drug-likeness (QED) is 0.836. The highest BCUT2D eigenvalue weighted by molar-refractivity contribution is 7.89. The first-order chi connectivity index (χ1) is 8.47. The number of nitrogens with one attached hydrogen (secondary N) is 1. The summed E-state index contributed by atoms with van der Waals surface area (Å²) in [7, 11) is -3.94. The first kappa shape index (κ1) is 12.4. The number of rotatable bonds is 4. The van der Waals surface area contributed by atoms with E-state index in [2.05, 4.69) is 5.32 Å². The highest BCUT2D eigenvalue weighted by Crippen LogP contribution is 2.12. The van der Waals surface area contributed by atoms with Gasteiger partial charge in [0.25, 0.3) is 15.9 Å². The minimum Gasteiger partial charge on any atom is -0.467 e. The van der Waals surface area contributed by atoms with Gasteiger partial charge >= 0.3 is 0 Å². The van der Waals surface area contributed by atoms with Crippen molar-refractivity contribution in [2.75, 3.05) is 0 Å². The van der Waals surface area contributed by atoms with Gasteiger partial charge in [0.05, 0.1) is 12.8 Å². The van der Waals surface area contributed by atoms with Crippen LogP contribution >= 0.6 is 0 Å². The van der Waals surface area contributed by atoms with Crippen molar-refractivity contribution in [3.05, 3.63) is 42.0 Å². The number of furan rings is 2. The Morgan fingerprint density at radius 2 is 2.11 bits per heavy atom. The molecule has 18 heavy (non-hydrogen) atoms. The summed E-state index contributed by atoms with van der Waals surface area (Å²) in [6.45, 7) is 0.178. The zero-order valence-electron chi connectivity index (χ0n) is 9.12. The highest BCUT2D eigenvalue weighted by Gasteiger charge is 2.17. The van der Waals surface area contributed by atoms with Crippen LogP contribution in [0.4, 0.5) is 0 Å². The van der Waals surface area contributed by atoms with Crippen LogP contribution in [0, 0.1) is 0 Å². The van der Waals surface area contributed by atoms with Crippen LogP contribution in [0.1, 0.15) is 16.3 Å². The molecule has 2 aromatic rings. The van der Waals surface area contributed by atoms with Gasteiger partial charge in [0.1, 0.15) is 5.76 Å². The highest BCUT2D eigenvalue weighted by atomic mass is 32.2. The minimum absolute atomic E-state index is 0.134. The average molecular weight is 270 g/mol. The van der Waals surface area contributed by atoms with E-state index in [0.29, 0.717) is 5.76 Å². The van der Waals surface area contributed by atoms with Crippen LogP contribution in [-0.4, -0.2) is 14.3 Å². The first-order valence-electron chi connectivity index (χ1n) is 4.90. The summed E-state index contributed by atoms with van der Waals surface area (Å²) >= 11 is 0. The number of carbonyl (C=O) groups is 1. The maximum absolute atomic E-state index is 11.6. The van der Waals surface area contributed by atoms with Crippen LogP contribution in [0.2, 0.25) is 0 Å². The van der Waals surface area contributed by atoms with Crippen LogP contribution in [0.25, 0.3) is 0 Å². The van der Waals surface area contributed by atoms with Crippen molar-refractivity contribution in [1.82, 2.24) is 5.32 Å². The van der Waals surface area contributed by atoms with E-state index in [0.717, 1.165) is 6.07 Å². The Balaban J connectivity index is 2.03. The summed E-state index contributed by atoms with van der Waals surface area (Å²) in [5, 5.41) is 6.90. The number of nitrogens with two attached hydrogens (primary N) is 1. The molecule has 2 heterocycles. The van der Waals surface area contributed by atoms with Gasteiger partial charge < -0.3 is 14.2 Å². The smallest absolute Gasteiger partial charge is 0.287 e. The monoisotopic (exact) mass is 270 g/mol. The molecule has 2 aromatic heterocycles. The van der Waals surface area contributed by atoms with Gasteiger partial charge in [-0.15, -0.1) is 0 Å². The molecule has 0 aromatic carbocycles. The Labute approximate surface area is 103 Å². The molecule has 8 heteroatoms. The third-order valence-corrected chi connectivity index (χ3v) is 2.87. The van der Waals surface area contributed by atoms with Gasteiger partial charge in [-0.1, -0.05) is 0 Å². The maximum atomic E-state index is 11.6. The van der Waals surface area contributed by atoms with Crippen molar-refractivity contribution < 1.29 is 22.0 Å². The summed E-state index contributed by atoms with van der Waals surface area (Å²) in [6, 6.07) is 5.74. The molecule has 7 nitrogen and oxygen atoms in total. The van der Waals surface area contributed by atoms with Gasteiger partial charge in [-0.05, 0) is 24.3 Å². The van der Waals surface area contributed by atoms with Crippen LogP contribution in [0.5, 0.6) is 0 Å². The number of hydrogen-bond donors (Lipinski definition) is 2. The lowest BCUT2D eigenvalue weighted by molar-refractivity contribution is 0.0915. The summed E-state index contributed by atoms with van der Waals surface area (Å²) in [5.41, 5.74) is 0. The minimum atomic E-state index is -3.94. The van der Waals surface area contributed by atoms with Gasteiger partial charge in [0, 0.05) is 0 Å². The van der Waals surface area contributed by atoms with Crippen molar-refractivity contribution in [1.29, 1.82) is 0 Å². The molecule has 0 saturated carbocycles. The molecule has 0 saturated heterocycles. The van der Waals surface area contributed by atoms with E-state index < -0.39 is 21.0 Å². The molecule has 0 aliphatic rings. The number of carbonyl (C=O) groups excluding carboxylic acids is 1. The molecule has 0 atom stereocenters. The summed E-state index contributed by atoms with van der Waals surface area (Å²) in [6.07, 6.45) is 1.48. The standard InChI is InChI=1S/C10H10N2O5S/c11-18(14,15)9-4-3-8(17-9)10(13)12-6-7-2-1-5-16-7/h1-5H,6H2,(H,12,13)(H2,11,14,15). The lowest BCUT2D eigenvalue weighted by atomic mass is 10.4. The topological polar surface area (TPSA) is 116 Å². The summed E-state index contributed by atoms with van der Waals surface area (Å²) in [5.74, 6) is -0.117. The van der Waals surface area contributed by atoms with E-state index in [4.69, 9.17) is 14.0 Å². The molecule has 0 aliphatic heterocycles. The van der Waals surface area contributed by atoms with E-state index in [-0.39, 0.29) is 12.3 Å². The van der Waals surface area contributed by atoms with Gasteiger partial charge in [-0.2, -0.15) is 0 Å². The molecule has 0 fully saturated rings. The molecule has 1 amide bonds. The second kappa shape index (κ2) is 4.67. The SMILES string of the molecule is NS(=O)(=O)c1ccc(C(=O)NCc2ccco2)o1. The summed E-state index contributed by atoms with van der Waals surface area (Å²) in [4.78, 5) is 11.6. The molecular weight excluding hydrogens is 260 g/mol. The lowest BCUT2D eigenvalue weighted by Gasteiger charge is -1.99. The lowest BCUT2D eigenvalue weighted by Crippen LogP contribution is -2.22. The van der Waals surface area contributed by atoms with Crippen molar-refractivity contribution >= 4 is 15.9 Å². The van der Waals surface area contributed by atoms with Crippen molar-refractivity contribution in [2.45, 2.75) is 11.6 Å². The predicted octanol–water partition coefficient (Wildman–Crippen LogP) is 0.450. The fourth-order valence-electron chi connectivity index (χ4n) is 1.26. The molecule has 2 rings (SSSR count). The molecule has 0 spiro atoms. The number of primary sulfonamides is 1. The largest absolute Gasteiger partial charge is 0.467 e. The van der Waals surface area contributed by atoms with Crippen molar-refractivity contribution in [3.8, 4) is 0 Å². The second-order valence-corrected chi connectivity index (χ2v) is 4.92. The van der Waals surface area contributed by atoms with Gasteiger partial charge in [-0.3, -0.25) is 4.79 Å². The molecule has 0 aliphatic carbocycles. The van der Waals surface area contributed by atoms with Gasteiger partial charge in [0.2, 0.25) is 5.09 Å². The number of amides is 1. The van der Waals surface area contributed by atoms with E-state index in [9.17, 15) is 13.2 Å². The van der Waals surface area contributed by atoms with E-state index in [1.165, 1.54) is 12.3 Å². The summed E-state index contributed by atoms with van der Waals surface area (Å²) < 4.78 is 31.7. The fraction of sp³-hybridized carbons (Fsp3) is 0.100. The second-order valence-electron chi connectivity index (χ2n) is 3.43. The zero-order chi connectivity index (χ0) is 13.2. The van der Waals surface area contributed by atoms with Crippen LogP contribution in [0.15, 0.2) is 44.5 Å². The normalized spacial score (nSPS) is 11.4. The van der Waals surface area contributed by atoms with Crippen molar-refractivity contribution in [2.24, 2.45) is 5.14 Å². The first-order valence-corrected chi connectivity index (χ1v) is 6.44. The third-order valence-electron chi connectivity index (χ3n) is 2.09. The molecule has 0 radical (unpaired) electrons. The third kappa shape index (κ3) is 2.79. The Kier molecular flexibility index (Phi) is 3.21.